The fourth-order valence-electron chi connectivity index (χ4n) is 1.79. The van der Waals surface area contributed by atoms with Crippen molar-refractivity contribution in [2.24, 2.45) is 0 Å². The minimum atomic E-state index is -3.69. The van der Waals surface area contributed by atoms with Crippen molar-refractivity contribution in [3.05, 3.63) is 65.2 Å². The van der Waals surface area contributed by atoms with Gasteiger partial charge in [0.25, 0.3) is 5.91 Å². The van der Waals surface area contributed by atoms with Crippen LogP contribution in [0.1, 0.15) is 10.4 Å². The Balaban J connectivity index is 1.86. The molecule has 2 N–H and O–H groups in total. The highest BCUT2D eigenvalue weighted by atomic mass is 35.5. The van der Waals surface area contributed by atoms with E-state index in [2.05, 4.69) is 10.0 Å². The molecule has 1 amide bonds. The Bertz CT molecular complexity index is 748. The molecule has 0 atom stereocenters. The number of carbonyl (C=O) groups is 1. The Morgan fingerprint density at radius 3 is 2.27 bits per heavy atom. The highest BCUT2D eigenvalue weighted by Crippen LogP contribution is 2.19. The van der Waals surface area contributed by atoms with E-state index in [9.17, 15) is 13.2 Å². The van der Waals surface area contributed by atoms with Gasteiger partial charge in [-0.25, -0.2) is 13.1 Å². The molecule has 0 heterocycles. The smallest absolute Gasteiger partial charge is 0.251 e. The van der Waals surface area contributed by atoms with Crippen LogP contribution < -0.4 is 10.0 Å². The van der Waals surface area contributed by atoms with E-state index in [0.717, 1.165) is 0 Å². The largest absolute Gasteiger partial charge is 0.351 e. The second-order valence-electron chi connectivity index (χ2n) is 4.45. The molecule has 0 aliphatic carbocycles. The normalized spacial score (nSPS) is 11.1. The molecule has 0 spiro atoms. The van der Waals surface area contributed by atoms with Crippen LogP contribution in [0.25, 0.3) is 0 Å². The molecule has 0 aromatic heterocycles. The van der Waals surface area contributed by atoms with Gasteiger partial charge in [-0.3, -0.25) is 4.79 Å². The van der Waals surface area contributed by atoms with E-state index in [1.165, 1.54) is 12.1 Å². The van der Waals surface area contributed by atoms with Gasteiger partial charge in [0.05, 0.1) is 5.02 Å². The molecule has 0 aliphatic rings. The highest BCUT2D eigenvalue weighted by Gasteiger charge is 2.16. The average molecular weight is 339 g/mol. The van der Waals surface area contributed by atoms with Crippen molar-refractivity contribution in [2.45, 2.75) is 4.90 Å². The molecule has 2 aromatic carbocycles. The van der Waals surface area contributed by atoms with Crippen molar-refractivity contribution in [1.29, 1.82) is 0 Å². The van der Waals surface area contributed by atoms with Gasteiger partial charge in [0.15, 0.2) is 0 Å². The molecule has 7 heteroatoms. The molecule has 5 nitrogen and oxygen atoms in total. The predicted molar refractivity (Wildman–Crippen MR) is 85.4 cm³/mol. The summed E-state index contributed by atoms with van der Waals surface area (Å²) >= 11 is 5.86. The van der Waals surface area contributed by atoms with Gasteiger partial charge in [0, 0.05) is 18.7 Å². The summed E-state index contributed by atoms with van der Waals surface area (Å²) in [6, 6.07) is 14.9. The molecule has 0 aliphatic heterocycles. The van der Waals surface area contributed by atoms with E-state index in [-0.39, 0.29) is 28.9 Å². The Labute approximate surface area is 134 Å². The zero-order valence-electron chi connectivity index (χ0n) is 11.6. The Morgan fingerprint density at radius 2 is 1.59 bits per heavy atom. The summed E-state index contributed by atoms with van der Waals surface area (Å²) in [5, 5.41) is 2.79. The molecule has 0 fully saturated rings. The lowest BCUT2D eigenvalue weighted by molar-refractivity contribution is 0.0954. The molecule has 116 valence electrons. The van der Waals surface area contributed by atoms with Crippen molar-refractivity contribution in [1.82, 2.24) is 10.0 Å². The Kier molecular flexibility index (Phi) is 5.54. The predicted octanol–water partition coefficient (Wildman–Crippen LogP) is 2.05. The van der Waals surface area contributed by atoms with Crippen molar-refractivity contribution in [3.63, 3.8) is 0 Å². The monoisotopic (exact) mass is 338 g/mol. The maximum Gasteiger partial charge on any atom is 0.251 e. The first-order chi connectivity index (χ1) is 10.5. The number of rotatable bonds is 6. The molecule has 0 saturated carbocycles. The average Bonchev–Trinajstić information content (AvgIpc) is 2.52. The van der Waals surface area contributed by atoms with E-state index in [4.69, 9.17) is 11.6 Å². The van der Waals surface area contributed by atoms with Crippen molar-refractivity contribution >= 4 is 27.5 Å². The minimum Gasteiger partial charge on any atom is -0.351 e. The number of amides is 1. The Hall–Kier alpha value is -1.89. The highest BCUT2D eigenvalue weighted by molar-refractivity contribution is 7.89. The van der Waals surface area contributed by atoms with Crippen LogP contribution in [-0.2, 0) is 10.0 Å². The maximum absolute atomic E-state index is 12.1. The van der Waals surface area contributed by atoms with Crippen LogP contribution in [0.15, 0.2) is 59.5 Å². The molecular weight excluding hydrogens is 324 g/mol. The van der Waals surface area contributed by atoms with Gasteiger partial charge in [-0.15, -0.1) is 0 Å². The van der Waals surface area contributed by atoms with Gasteiger partial charge in [0.2, 0.25) is 10.0 Å². The first-order valence-corrected chi connectivity index (χ1v) is 8.44. The number of nitrogens with one attached hydrogen (secondary N) is 2. The quantitative estimate of drug-likeness (QED) is 0.791. The fourth-order valence-corrected chi connectivity index (χ4v) is 3.34. The van der Waals surface area contributed by atoms with E-state index in [0.29, 0.717) is 5.56 Å². The summed E-state index contributed by atoms with van der Waals surface area (Å²) in [6.07, 6.45) is 0. The summed E-state index contributed by atoms with van der Waals surface area (Å²) < 4.78 is 26.5. The summed E-state index contributed by atoms with van der Waals surface area (Å²) in [5.41, 5.74) is 0.525. The van der Waals surface area contributed by atoms with E-state index in [1.807, 2.05) is 6.07 Å². The van der Waals surface area contributed by atoms with Crippen LogP contribution >= 0.6 is 11.6 Å². The number of carbonyl (C=O) groups excluding carboxylic acids is 1. The van der Waals surface area contributed by atoms with E-state index in [1.54, 1.807) is 36.4 Å². The van der Waals surface area contributed by atoms with Gasteiger partial charge >= 0.3 is 0 Å². The Morgan fingerprint density at radius 1 is 0.955 bits per heavy atom. The zero-order chi connectivity index (χ0) is 16.0. The molecule has 0 saturated heterocycles. The van der Waals surface area contributed by atoms with Gasteiger partial charge in [-0.1, -0.05) is 41.9 Å². The summed E-state index contributed by atoms with van der Waals surface area (Å²) in [7, 11) is -3.69. The molecule has 0 bridgehead atoms. The lowest BCUT2D eigenvalue weighted by atomic mass is 10.2. The van der Waals surface area contributed by atoms with Gasteiger partial charge in [-0.2, -0.15) is 0 Å². The van der Waals surface area contributed by atoms with Crippen molar-refractivity contribution < 1.29 is 13.2 Å². The molecular formula is C15H15ClN2O3S. The van der Waals surface area contributed by atoms with Gasteiger partial charge in [-0.05, 0) is 24.3 Å². The lowest BCUT2D eigenvalue weighted by Crippen LogP contribution is -2.34. The van der Waals surface area contributed by atoms with Crippen LogP contribution in [0.2, 0.25) is 5.02 Å². The SMILES string of the molecule is O=C(NCCNS(=O)(=O)c1ccccc1Cl)c1ccccc1. The van der Waals surface area contributed by atoms with Crippen LogP contribution in [0, 0.1) is 0 Å². The third-order valence-electron chi connectivity index (χ3n) is 2.86. The third-order valence-corrected chi connectivity index (χ3v) is 4.83. The second-order valence-corrected chi connectivity index (χ2v) is 6.59. The fraction of sp³-hybridized carbons (Fsp3) is 0.133. The van der Waals surface area contributed by atoms with Crippen molar-refractivity contribution in [2.75, 3.05) is 13.1 Å². The number of hydrogen-bond acceptors (Lipinski definition) is 3. The maximum atomic E-state index is 12.1. The number of sulfonamides is 1. The molecule has 2 rings (SSSR count). The molecule has 2 aromatic rings. The van der Waals surface area contributed by atoms with E-state index >= 15 is 0 Å². The van der Waals surface area contributed by atoms with Crippen LogP contribution in [0.3, 0.4) is 0 Å². The number of benzene rings is 2. The minimum absolute atomic E-state index is 0.0195. The molecule has 0 radical (unpaired) electrons. The van der Waals surface area contributed by atoms with E-state index < -0.39 is 10.0 Å². The molecule has 22 heavy (non-hydrogen) atoms. The van der Waals surface area contributed by atoms with Gasteiger partial charge in [0.1, 0.15) is 4.90 Å². The summed E-state index contributed by atoms with van der Waals surface area (Å²) in [5.74, 6) is -0.252. The first kappa shape index (κ1) is 16.5. The standard InChI is InChI=1S/C15H15ClN2O3S/c16-13-8-4-5-9-14(13)22(20,21)18-11-10-17-15(19)12-6-2-1-3-7-12/h1-9,18H,10-11H2,(H,17,19). The van der Waals surface area contributed by atoms with Crippen LogP contribution in [0.4, 0.5) is 0 Å². The van der Waals surface area contributed by atoms with Crippen LogP contribution in [-0.4, -0.2) is 27.4 Å². The number of halogens is 1. The van der Waals surface area contributed by atoms with Crippen molar-refractivity contribution in [3.8, 4) is 0 Å². The molecule has 0 unspecified atom stereocenters. The first-order valence-electron chi connectivity index (χ1n) is 6.58. The van der Waals surface area contributed by atoms with Gasteiger partial charge < -0.3 is 5.32 Å². The topological polar surface area (TPSA) is 75.3 Å². The second kappa shape index (κ2) is 7.40. The van der Waals surface area contributed by atoms with Crippen LogP contribution in [0.5, 0.6) is 0 Å². The number of hydrogen-bond donors (Lipinski definition) is 2. The summed E-state index contributed by atoms with van der Waals surface area (Å²) in [4.78, 5) is 11.8. The zero-order valence-corrected chi connectivity index (χ0v) is 13.2. The third kappa shape index (κ3) is 4.30. The lowest BCUT2D eigenvalue weighted by Gasteiger charge is -2.09. The summed E-state index contributed by atoms with van der Waals surface area (Å²) in [6.45, 7) is 0.254.